The minimum absolute atomic E-state index is 0.0168. The van der Waals surface area contributed by atoms with E-state index in [-0.39, 0.29) is 18.4 Å². The van der Waals surface area contributed by atoms with Crippen molar-refractivity contribution in [2.45, 2.75) is 44.9 Å². The molecule has 0 unspecified atom stereocenters. The molecule has 1 rings (SSSR count). The number of nitrogens with one attached hydrogen (secondary N) is 1. The van der Waals surface area contributed by atoms with Crippen molar-refractivity contribution < 1.29 is 14.6 Å². The Labute approximate surface area is 92.0 Å². The monoisotopic (exact) mass is 217 g/mol. The fourth-order valence-corrected chi connectivity index (χ4v) is 1.58. The summed E-state index contributed by atoms with van der Waals surface area (Å²) in [7, 11) is 0. The Hall–Kier alpha value is -0.160. The van der Waals surface area contributed by atoms with Crippen LogP contribution in [-0.4, -0.2) is 43.3 Å². The van der Waals surface area contributed by atoms with Crippen LogP contribution in [0.4, 0.5) is 0 Å². The Kier molecular flexibility index (Phi) is 5.53. The van der Waals surface area contributed by atoms with E-state index in [1.165, 1.54) is 0 Å². The Morgan fingerprint density at radius 2 is 1.87 bits per heavy atom. The maximum absolute atomic E-state index is 9.10. The predicted octanol–water partition coefficient (Wildman–Crippen LogP) is 0.890. The van der Waals surface area contributed by atoms with Gasteiger partial charge < -0.3 is 19.9 Å². The van der Waals surface area contributed by atoms with E-state index in [4.69, 9.17) is 14.6 Å². The van der Waals surface area contributed by atoms with E-state index in [1.807, 2.05) is 13.8 Å². The van der Waals surface area contributed by atoms with Gasteiger partial charge in [0.15, 0.2) is 6.29 Å². The molecule has 0 aromatic heterocycles. The average Bonchev–Trinajstić information content (AvgIpc) is 2.99. The Morgan fingerprint density at radius 1 is 1.27 bits per heavy atom. The lowest BCUT2D eigenvalue weighted by molar-refractivity contribution is -0.139. The van der Waals surface area contributed by atoms with Crippen LogP contribution < -0.4 is 5.32 Å². The summed E-state index contributed by atoms with van der Waals surface area (Å²) in [4.78, 5) is 0. The number of rotatable bonds is 9. The number of ether oxygens (including phenoxy) is 2. The summed E-state index contributed by atoms with van der Waals surface area (Å²) in [5, 5.41) is 12.5. The minimum atomic E-state index is -0.109. The van der Waals surface area contributed by atoms with Crippen LogP contribution in [0.5, 0.6) is 0 Å². The molecule has 0 aromatic carbocycles. The quantitative estimate of drug-likeness (QED) is 0.563. The zero-order valence-electron chi connectivity index (χ0n) is 9.79. The first-order valence-electron chi connectivity index (χ1n) is 5.85. The zero-order valence-corrected chi connectivity index (χ0v) is 9.79. The summed E-state index contributed by atoms with van der Waals surface area (Å²) in [6, 6.07) is 0. The topological polar surface area (TPSA) is 50.7 Å². The van der Waals surface area contributed by atoms with Gasteiger partial charge in [-0.25, -0.2) is 0 Å². The smallest absolute Gasteiger partial charge is 0.158 e. The average molecular weight is 217 g/mol. The molecule has 1 saturated carbocycles. The Bertz CT molecular complexity index is 165. The van der Waals surface area contributed by atoms with Crippen LogP contribution in [0, 0.1) is 0 Å². The van der Waals surface area contributed by atoms with E-state index in [0.717, 1.165) is 25.8 Å². The van der Waals surface area contributed by atoms with Gasteiger partial charge in [0.25, 0.3) is 0 Å². The van der Waals surface area contributed by atoms with Gasteiger partial charge in [0.05, 0.1) is 6.61 Å². The highest BCUT2D eigenvalue weighted by atomic mass is 16.7. The third-order valence-electron chi connectivity index (χ3n) is 2.74. The molecule has 1 aliphatic rings. The molecule has 90 valence electrons. The first-order valence-corrected chi connectivity index (χ1v) is 5.85. The lowest BCUT2D eigenvalue weighted by Gasteiger charge is -2.19. The summed E-state index contributed by atoms with van der Waals surface area (Å²) in [5.41, 5.74) is 0.0168. The summed E-state index contributed by atoms with van der Waals surface area (Å²) in [6.45, 7) is 6.36. The van der Waals surface area contributed by atoms with Gasteiger partial charge in [-0.2, -0.15) is 0 Å². The molecule has 1 fully saturated rings. The normalized spacial score (nSPS) is 18.4. The summed E-state index contributed by atoms with van der Waals surface area (Å²) in [6.07, 6.45) is 2.89. The summed E-state index contributed by atoms with van der Waals surface area (Å²) in [5.74, 6) is 0. The molecule has 2 N–H and O–H groups in total. The fourth-order valence-electron chi connectivity index (χ4n) is 1.58. The first-order chi connectivity index (χ1) is 7.26. The minimum Gasteiger partial charge on any atom is -0.394 e. The lowest BCUT2D eigenvalue weighted by atomic mass is 10.3. The SMILES string of the molecule is CCOC(CCNC1(CO)CC1)OCC. The fraction of sp³-hybridized carbons (Fsp3) is 1.00. The molecule has 0 aromatic rings. The molecule has 0 radical (unpaired) electrons. The first kappa shape index (κ1) is 12.9. The second kappa shape index (κ2) is 6.43. The molecular formula is C11H23NO3. The Morgan fingerprint density at radius 3 is 2.27 bits per heavy atom. The van der Waals surface area contributed by atoms with E-state index < -0.39 is 0 Å². The third kappa shape index (κ3) is 4.47. The standard InChI is InChI=1S/C11H23NO3/c1-3-14-10(15-4-2)5-8-12-11(9-13)6-7-11/h10,12-13H,3-9H2,1-2H3. The van der Waals surface area contributed by atoms with Crippen LogP contribution in [-0.2, 0) is 9.47 Å². The molecule has 1 aliphatic carbocycles. The molecule has 0 spiro atoms. The molecule has 0 atom stereocenters. The predicted molar refractivity (Wildman–Crippen MR) is 58.7 cm³/mol. The van der Waals surface area contributed by atoms with Crippen LogP contribution in [0.3, 0.4) is 0 Å². The van der Waals surface area contributed by atoms with Crippen LogP contribution in [0.2, 0.25) is 0 Å². The largest absolute Gasteiger partial charge is 0.394 e. The highest BCUT2D eigenvalue weighted by Gasteiger charge is 2.41. The maximum Gasteiger partial charge on any atom is 0.158 e. The molecular weight excluding hydrogens is 194 g/mol. The van der Waals surface area contributed by atoms with E-state index in [0.29, 0.717) is 13.2 Å². The van der Waals surface area contributed by atoms with Crippen molar-refractivity contribution in [3.63, 3.8) is 0 Å². The van der Waals surface area contributed by atoms with E-state index in [9.17, 15) is 0 Å². The number of aliphatic hydroxyl groups is 1. The zero-order chi connectivity index (χ0) is 11.1. The third-order valence-corrected chi connectivity index (χ3v) is 2.74. The molecule has 15 heavy (non-hydrogen) atoms. The van der Waals surface area contributed by atoms with Crippen molar-refractivity contribution in [1.82, 2.24) is 5.32 Å². The van der Waals surface area contributed by atoms with Gasteiger partial charge in [0.1, 0.15) is 0 Å². The highest BCUT2D eigenvalue weighted by Crippen LogP contribution is 2.34. The van der Waals surface area contributed by atoms with Crippen molar-refractivity contribution >= 4 is 0 Å². The van der Waals surface area contributed by atoms with E-state index in [1.54, 1.807) is 0 Å². The molecule has 0 aliphatic heterocycles. The van der Waals surface area contributed by atoms with Gasteiger partial charge in [-0.3, -0.25) is 0 Å². The number of hydrogen-bond acceptors (Lipinski definition) is 4. The second-order valence-corrected chi connectivity index (χ2v) is 3.99. The van der Waals surface area contributed by atoms with E-state index >= 15 is 0 Å². The maximum atomic E-state index is 9.10. The van der Waals surface area contributed by atoms with Gasteiger partial charge >= 0.3 is 0 Å². The summed E-state index contributed by atoms with van der Waals surface area (Å²) >= 11 is 0. The van der Waals surface area contributed by atoms with Crippen molar-refractivity contribution in [3.8, 4) is 0 Å². The van der Waals surface area contributed by atoms with Gasteiger partial charge in [0, 0.05) is 31.7 Å². The summed E-state index contributed by atoms with van der Waals surface area (Å²) < 4.78 is 10.9. The van der Waals surface area contributed by atoms with Crippen molar-refractivity contribution in [1.29, 1.82) is 0 Å². The van der Waals surface area contributed by atoms with Gasteiger partial charge in [0.2, 0.25) is 0 Å². The van der Waals surface area contributed by atoms with Crippen molar-refractivity contribution in [3.05, 3.63) is 0 Å². The molecule has 4 heteroatoms. The van der Waals surface area contributed by atoms with Gasteiger partial charge in [-0.15, -0.1) is 0 Å². The molecule has 0 saturated heterocycles. The molecule has 4 nitrogen and oxygen atoms in total. The Balaban J connectivity index is 2.10. The van der Waals surface area contributed by atoms with Crippen LogP contribution >= 0.6 is 0 Å². The molecule has 0 amide bonds. The van der Waals surface area contributed by atoms with E-state index in [2.05, 4.69) is 5.32 Å². The van der Waals surface area contributed by atoms with Crippen LogP contribution in [0.15, 0.2) is 0 Å². The molecule has 0 heterocycles. The second-order valence-electron chi connectivity index (χ2n) is 3.99. The number of aliphatic hydroxyl groups excluding tert-OH is 1. The highest BCUT2D eigenvalue weighted by molar-refractivity contribution is 5.01. The molecule has 0 bridgehead atoms. The lowest BCUT2D eigenvalue weighted by Crippen LogP contribution is -2.37. The van der Waals surface area contributed by atoms with Crippen molar-refractivity contribution in [2.75, 3.05) is 26.4 Å². The van der Waals surface area contributed by atoms with Crippen LogP contribution in [0.1, 0.15) is 33.1 Å². The van der Waals surface area contributed by atoms with Crippen molar-refractivity contribution in [2.24, 2.45) is 0 Å². The van der Waals surface area contributed by atoms with Gasteiger partial charge in [-0.05, 0) is 26.7 Å². The van der Waals surface area contributed by atoms with Crippen LogP contribution in [0.25, 0.3) is 0 Å². The number of hydrogen-bond donors (Lipinski definition) is 2. The van der Waals surface area contributed by atoms with Gasteiger partial charge in [-0.1, -0.05) is 0 Å².